The van der Waals surface area contributed by atoms with Crippen molar-refractivity contribution in [3.63, 3.8) is 0 Å². The highest BCUT2D eigenvalue weighted by Crippen LogP contribution is 2.39. The Balaban J connectivity index is 2.04. The summed E-state index contributed by atoms with van der Waals surface area (Å²) >= 11 is 1.61. The molecule has 0 saturated heterocycles. The summed E-state index contributed by atoms with van der Waals surface area (Å²) in [5.74, 6) is 2.25. The van der Waals surface area contributed by atoms with Crippen LogP contribution in [0.15, 0.2) is 47.5 Å². The quantitative estimate of drug-likeness (QED) is 0.209. The van der Waals surface area contributed by atoms with Gasteiger partial charge < -0.3 is 19.2 Å². The van der Waals surface area contributed by atoms with E-state index in [1.165, 1.54) is 0 Å². The molecule has 0 aliphatic carbocycles. The van der Waals surface area contributed by atoms with Crippen molar-refractivity contribution in [3.05, 3.63) is 58.6 Å². The monoisotopic (exact) mass is 469 g/mol. The van der Waals surface area contributed by atoms with E-state index >= 15 is 0 Å². The first-order chi connectivity index (χ1) is 15.3. The van der Waals surface area contributed by atoms with Crippen molar-refractivity contribution in [2.75, 3.05) is 27.1 Å². The first-order valence-electron chi connectivity index (χ1n) is 10.5. The molecule has 0 amide bonds. The second-order valence-electron chi connectivity index (χ2n) is 8.70. The number of carbonyl (C=O) groups is 1. The third kappa shape index (κ3) is 5.58. The minimum absolute atomic E-state index is 0.0601. The molecule has 0 aliphatic rings. The molecule has 1 N–H and O–H groups in total. The number of para-hydroxylation sites is 1. The number of allylic oxidation sites excluding steroid dienone is 1. The second-order valence-corrected chi connectivity index (χ2v) is 15.5. The molecular formula is C25H31NO4SSi. The Labute approximate surface area is 195 Å². The second kappa shape index (κ2) is 10.3. The number of aromatic amines is 1. The number of rotatable bonds is 10. The molecule has 5 nitrogen and oxygen atoms in total. The van der Waals surface area contributed by atoms with E-state index in [9.17, 15) is 4.79 Å². The third-order valence-electron chi connectivity index (χ3n) is 5.17. The molecule has 3 aromatic rings. The van der Waals surface area contributed by atoms with Crippen molar-refractivity contribution >= 4 is 42.6 Å². The van der Waals surface area contributed by atoms with Gasteiger partial charge >= 0.3 is 0 Å². The van der Waals surface area contributed by atoms with Gasteiger partial charge in [0, 0.05) is 36.3 Å². The molecule has 170 valence electrons. The lowest BCUT2D eigenvalue weighted by Gasteiger charge is -2.17. The highest BCUT2D eigenvalue weighted by molar-refractivity contribution is 8.04. The van der Waals surface area contributed by atoms with Gasteiger partial charge in [0.2, 0.25) is 5.75 Å². The van der Waals surface area contributed by atoms with Gasteiger partial charge in [-0.1, -0.05) is 37.8 Å². The lowest BCUT2D eigenvalue weighted by atomic mass is 10.1. The predicted octanol–water partition coefficient (Wildman–Crippen LogP) is 6.49. The van der Waals surface area contributed by atoms with Crippen LogP contribution >= 0.6 is 11.8 Å². The number of benzene rings is 2. The number of thioether (sulfide) groups is 1. The molecule has 0 radical (unpaired) electrons. The maximum absolute atomic E-state index is 13.7. The van der Waals surface area contributed by atoms with Crippen molar-refractivity contribution in [3.8, 4) is 17.2 Å². The lowest BCUT2D eigenvalue weighted by Crippen LogP contribution is -2.20. The number of ether oxygens (including phenoxy) is 3. The van der Waals surface area contributed by atoms with Gasteiger partial charge in [-0.05, 0) is 36.1 Å². The van der Waals surface area contributed by atoms with Crippen molar-refractivity contribution in [1.82, 2.24) is 4.98 Å². The van der Waals surface area contributed by atoms with Crippen LogP contribution in [0.3, 0.4) is 0 Å². The fourth-order valence-corrected chi connectivity index (χ4v) is 6.89. The Morgan fingerprint density at radius 1 is 1.03 bits per heavy atom. The summed E-state index contributed by atoms with van der Waals surface area (Å²) in [5, 5.41) is 1.09. The van der Waals surface area contributed by atoms with E-state index < -0.39 is 8.07 Å². The number of hydrogen-bond donors (Lipinski definition) is 1. The van der Waals surface area contributed by atoms with Crippen LogP contribution in [0, 0.1) is 0 Å². The van der Waals surface area contributed by atoms with Gasteiger partial charge in [0.25, 0.3) is 0 Å². The van der Waals surface area contributed by atoms with Crippen LogP contribution in [0.25, 0.3) is 17.0 Å². The van der Waals surface area contributed by atoms with Gasteiger partial charge in [-0.25, -0.2) is 0 Å². The third-order valence-corrected chi connectivity index (χ3v) is 8.30. The van der Waals surface area contributed by atoms with Crippen LogP contribution in [0.4, 0.5) is 0 Å². The van der Waals surface area contributed by atoms with Gasteiger partial charge in [0.1, 0.15) is 0 Å². The van der Waals surface area contributed by atoms with Crippen molar-refractivity contribution in [2.24, 2.45) is 0 Å². The van der Waals surface area contributed by atoms with E-state index in [0.717, 1.165) is 28.3 Å². The van der Waals surface area contributed by atoms with Gasteiger partial charge in [0.15, 0.2) is 17.3 Å². The molecule has 3 rings (SSSR count). The molecule has 7 heteroatoms. The van der Waals surface area contributed by atoms with E-state index in [-0.39, 0.29) is 5.78 Å². The molecule has 0 bridgehead atoms. The Morgan fingerprint density at radius 2 is 1.69 bits per heavy atom. The average Bonchev–Trinajstić information content (AvgIpc) is 3.18. The van der Waals surface area contributed by atoms with Crippen LogP contribution in [0.1, 0.15) is 15.9 Å². The zero-order valence-corrected chi connectivity index (χ0v) is 21.4. The Bertz CT molecular complexity index is 1110. The van der Waals surface area contributed by atoms with Gasteiger partial charge in [-0.15, -0.1) is 11.8 Å². The van der Waals surface area contributed by atoms with E-state index in [1.807, 2.05) is 30.5 Å². The average molecular weight is 470 g/mol. The Kier molecular flexibility index (Phi) is 7.74. The van der Waals surface area contributed by atoms with Gasteiger partial charge in [0.05, 0.1) is 26.2 Å². The molecule has 0 fully saturated rings. The van der Waals surface area contributed by atoms with Crippen LogP contribution in [0.2, 0.25) is 25.7 Å². The smallest absolute Gasteiger partial charge is 0.203 e. The zero-order chi connectivity index (χ0) is 23.3. The molecule has 2 aromatic carbocycles. The largest absolute Gasteiger partial charge is 0.493 e. The number of fused-ring (bicyclic) bond motifs is 1. The number of methoxy groups -OCH3 is 3. The number of carbonyl (C=O) groups excluding carboxylic acids is 1. The van der Waals surface area contributed by atoms with Crippen molar-refractivity contribution in [1.29, 1.82) is 0 Å². The SMILES string of the molecule is COc1cc(C(=O)/C(=C/c2c[nH]c3ccccc23)SCC[Si](C)(C)C)cc(OC)c1OC. The van der Waals surface area contributed by atoms with E-state index in [4.69, 9.17) is 14.2 Å². The summed E-state index contributed by atoms with van der Waals surface area (Å²) in [6, 6.07) is 12.7. The van der Waals surface area contributed by atoms with E-state index in [1.54, 1.807) is 45.2 Å². The van der Waals surface area contributed by atoms with Crippen molar-refractivity contribution in [2.45, 2.75) is 25.7 Å². The maximum Gasteiger partial charge on any atom is 0.203 e. The number of H-pyrrole nitrogens is 1. The molecule has 0 aliphatic heterocycles. The van der Waals surface area contributed by atoms with Gasteiger partial charge in [-0.2, -0.15) is 0 Å². The molecule has 0 saturated carbocycles. The number of aromatic nitrogens is 1. The number of nitrogens with one attached hydrogen (secondary N) is 1. The first-order valence-corrected chi connectivity index (χ1v) is 15.2. The predicted molar refractivity (Wildman–Crippen MR) is 137 cm³/mol. The minimum atomic E-state index is -1.22. The summed E-state index contributed by atoms with van der Waals surface area (Å²) in [6.07, 6.45) is 3.94. The normalized spacial score (nSPS) is 12.1. The summed E-state index contributed by atoms with van der Waals surface area (Å²) in [5.41, 5.74) is 2.55. The van der Waals surface area contributed by atoms with E-state index in [0.29, 0.717) is 27.7 Å². The summed E-state index contributed by atoms with van der Waals surface area (Å²) in [4.78, 5) is 17.6. The molecular weight excluding hydrogens is 438 g/mol. The van der Waals surface area contributed by atoms with E-state index in [2.05, 4.69) is 30.7 Å². The molecule has 1 aromatic heterocycles. The lowest BCUT2D eigenvalue weighted by molar-refractivity contribution is 0.104. The fraction of sp³-hybridized carbons (Fsp3) is 0.320. The molecule has 0 spiro atoms. The van der Waals surface area contributed by atoms with Crippen molar-refractivity contribution < 1.29 is 19.0 Å². The molecule has 1 heterocycles. The molecule has 32 heavy (non-hydrogen) atoms. The topological polar surface area (TPSA) is 60.6 Å². The summed E-state index contributed by atoms with van der Waals surface area (Å²) in [7, 11) is 3.43. The van der Waals surface area contributed by atoms with Crippen LogP contribution in [0.5, 0.6) is 17.2 Å². The summed E-state index contributed by atoms with van der Waals surface area (Å²) < 4.78 is 16.3. The zero-order valence-electron chi connectivity index (χ0n) is 19.6. The van der Waals surface area contributed by atoms with Crippen LogP contribution in [-0.4, -0.2) is 45.9 Å². The number of ketones is 1. The molecule has 0 unspecified atom stereocenters. The fourth-order valence-electron chi connectivity index (χ4n) is 3.35. The highest BCUT2D eigenvalue weighted by Gasteiger charge is 2.21. The molecule has 0 atom stereocenters. The Hall–Kier alpha value is -2.64. The van der Waals surface area contributed by atoms with Crippen LogP contribution in [-0.2, 0) is 0 Å². The minimum Gasteiger partial charge on any atom is -0.493 e. The highest BCUT2D eigenvalue weighted by atomic mass is 32.2. The number of hydrogen-bond acceptors (Lipinski definition) is 5. The Morgan fingerprint density at radius 3 is 2.28 bits per heavy atom. The summed E-state index contributed by atoms with van der Waals surface area (Å²) in [6.45, 7) is 7.03. The van der Waals surface area contributed by atoms with Gasteiger partial charge in [-0.3, -0.25) is 4.79 Å². The standard InChI is InChI=1S/C25H31NO4SSi/c1-28-21-13-17(14-22(29-2)25(21)30-3)24(27)23(31-11-12-32(4,5)6)15-18-16-26-20-10-8-7-9-19(18)20/h7-10,13-16,26H,11-12H2,1-6H3/b23-15-. The number of Topliss-reactive ketones (excluding diaryl/α,β-unsaturated/α-hetero) is 1. The maximum atomic E-state index is 13.7. The van der Waals surface area contributed by atoms with Crippen LogP contribution < -0.4 is 14.2 Å². The first kappa shape index (κ1) is 24.0.